The van der Waals surface area contributed by atoms with Crippen molar-refractivity contribution in [3.8, 4) is 0 Å². The first-order valence-corrected chi connectivity index (χ1v) is 13.0. The number of ether oxygens (including phenoxy) is 1. The topological polar surface area (TPSA) is 122 Å². The van der Waals surface area contributed by atoms with E-state index in [0.29, 0.717) is 43.9 Å². The van der Waals surface area contributed by atoms with Gasteiger partial charge in [0.05, 0.1) is 36.6 Å². The smallest absolute Gasteiger partial charge is 0.384 e. The fraction of sp³-hybridized carbons (Fsp3) is 0.321. The molecule has 10 nitrogen and oxygen atoms in total. The van der Waals surface area contributed by atoms with Crippen molar-refractivity contribution in [3.63, 3.8) is 0 Å². The number of piperidine rings is 1. The molecule has 4 heterocycles. The van der Waals surface area contributed by atoms with Crippen molar-refractivity contribution in [1.82, 2.24) is 9.88 Å². The van der Waals surface area contributed by atoms with Crippen LogP contribution in [-0.4, -0.2) is 65.1 Å². The number of hydrogen-bond acceptors (Lipinski definition) is 7. The number of amides is 2. The molecule has 1 unspecified atom stereocenters. The number of carbonyl (C=O) groups excluding carboxylic acids is 2. The Kier molecular flexibility index (Phi) is 7.84. The van der Waals surface area contributed by atoms with Crippen LogP contribution in [0.5, 0.6) is 0 Å². The minimum absolute atomic E-state index is 0.0516. The van der Waals surface area contributed by atoms with Crippen molar-refractivity contribution in [3.05, 3.63) is 83.1 Å². The molecule has 0 aliphatic carbocycles. The quantitative estimate of drug-likeness (QED) is 0.388. The summed E-state index contributed by atoms with van der Waals surface area (Å²) >= 11 is 0. The zero-order chi connectivity index (χ0) is 29.2. The lowest BCUT2D eigenvalue weighted by atomic mass is 9.93. The summed E-state index contributed by atoms with van der Waals surface area (Å²) in [6.45, 7) is 1.23. The van der Waals surface area contributed by atoms with E-state index in [4.69, 9.17) is 15.6 Å². The van der Waals surface area contributed by atoms with Crippen LogP contribution < -0.4 is 11.2 Å². The summed E-state index contributed by atoms with van der Waals surface area (Å²) in [5.74, 6) is 5.83. The van der Waals surface area contributed by atoms with Gasteiger partial charge in [-0.05, 0) is 43.2 Å². The van der Waals surface area contributed by atoms with Crippen LogP contribution in [0.25, 0.3) is 0 Å². The van der Waals surface area contributed by atoms with E-state index in [9.17, 15) is 22.8 Å². The fourth-order valence-corrected chi connectivity index (χ4v) is 5.20. The van der Waals surface area contributed by atoms with Crippen LogP contribution in [-0.2, 0) is 15.7 Å². The number of nitrogens with zero attached hydrogens (tertiary/aromatic N) is 5. The number of hydrogen-bond donors (Lipinski definition) is 2. The van der Waals surface area contributed by atoms with Gasteiger partial charge in [-0.25, -0.2) is 4.98 Å². The highest BCUT2D eigenvalue weighted by Crippen LogP contribution is 2.41. The highest BCUT2D eigenvalue weighted by atomic mass is 19.4. The molecule has 0 bridgehead atoms. The lowest BCUT2D eigenvalue weighted by molar-refractivity contribution is -0.750. The molecule has 41 heavy (non-hydrogen) atoms. The molecule has 2 atom stereocenters. The molecule has 0 radical (unpaired) electrons. The molecule has 2 aromatic rings. The van der Waals surface area contributed by atoms with Gasteiger partial charge in [0.15, 0.2) is 0 Å². The third kappa shape index (κ3) is 5.69. The molecule has 214 valence electrons. The molecule has 2 amide bonds. The maximum Gasteiger partial charge on any atom is 0.417 e. The molecule has 3 aliphatic heterocycles. The highest BCUT2D eigenvalue weighted by Gasteiger charge is 2.49. The van der Waals surface area contributed by atoms with Crippen molar-refractivity contribution in [1.29, 1.82) is 0 Å². The van der Waals surface area contributed by atoms with Gasteiger partial charge in [-0.3, -0.25) is 14.6 Å². The second kappa shape index (κ2) is 11.4. The number of likely N-dealkylation sites (tertiary alicyclic amines) is 1. The molecule has 3 aliphatic rings. The number of allylic oxidation sites excluding steroid dienone is 1. The number of alkyl halides is 3. The molecule has 1 aromatic heterocycles. The van der Waals surface area contributed by atoms with Crippen LogP contribution in [0.4, 0.5) is 19.0 Å². The van der Waals surface area contributed by atoms with Gasteiger partial charge in [0.1, 0.15) is 17.7 Å². The van der Waals surface area contributed by atoms with Gasteiger partial charge in [0, 0.05) is 37.9 Å². The molecule has 5 rings (SSSR count). The third-order valence-corrected chi connectivity index (χ3v) is 7.24. The maximum absolute atomic E-state index is 14.5. The molecule has 1 fully saturated rings. The lowest BCUT2D eigenvalue weighted by Gasteiger charge is -2.33. The number of halogens is 3. The van der Waals surface area contributed by atoms with Gasteiger partial charge >= 0.3 is 6.18 Å². The average Bonchev–Trinajstić information content (AvgIpc) is 3.28. The number of benzene rings is 1. The van der Waals surface area contributed by atoms with Crippen LogP contribution in [0.1, 0.15) is 40.7 Å². The Bertz CT molecular complexity index is 1470. The first kappa shape index (κ1) is 28.3. The molecule has 1 aromatic carbocycles. The first-order valence-electron chi connectivity index (χ1n) is 13.0. The largest absolute Gasteiger partial charge is 0.417 e. The number of pyridine rings is 1. The van der Waals surface area contributed by atoms with Gasteiger partial charge in [0.25, 0.3) is 11.7 Å². The third-order valence-electron chi connectivity index (χ3n) is 7.24. The van der Waals surface area contributed by atoms with Gasteiger partial charge in [-0.15, -0.1) is 4.59 Å². The number of nitrogens with one attached hydrogen (secondary N) is 1. The van der Waals surface area contributed by atoms with Crippen LogP contribution in [0.15, 0.2) is 76.4 Å². The van der Waals surface area contributed by atoms with E-state index in [1.54, 1.807) is 17.0 Å². The Labute approximate surface area is 234 Å². The average molecular weight is 569 g/mol. The minimum Gasteiger partial charge on any atom is -0.384 e. The SMILES string of the molecule is COCCC(=O)N1CCC[C@@H](C2=C3C=NC=C[N+]3(N)C(c3ccc(C(=O)Nc4ccccn4)cc3C(F)(F)F)=N2)C1. The normalized spacial score (nSPS) is 22.0. The Morgan fingerprint density at radius 1 is 1.24 bits per heavy atom. The summed E-state index contributed by atoms with van der Waals surface area (Å²) in [6.07, 6.45) is 2.64. The summed E-state index contributed by atoms with van der Waals surface area (Å²) in [6, 6.07) is 8.13. The Morgan fingerprint density at radius 2 is 2.07 bits per heavy atom. The van der Waals surface area contributed by atoms with E-state index in [1.165, 1.54) is 50.1 Å². The zero-order valence-electron chi connectivity index (χ0n) is 22.3. The van der Waals surface area contributed by atoms with E-state index < -0.39 is 22.2 Å². The predicted molar refractivity (Wildman–Crippen MR) is 145 cm³/mol. The second-order valence-electron chi connectivity index (χ2n) is 9.91. The number of aromatic nitrogens is 1. The van der Waals surface area contributed by atoms with Crippen LogP contribution in [0.3, 0.4) is 0 Å². The zero-order valence-corrected chi connectivity index (χ0v) is 22.3. The number of anilines is 1. The van der Waals surface area contributed by atoms with Crippen molar-refractivity contribution < 1.29 is 32.1 Å². The number of quaternary nitrogens is 1. The Hall–Kier alpha value is -4.20. The fourth-order valence-electron chi connectivity index (χ4n) is 5.20. The summed E-state index contributed by atoms with van der Waals surface area (Å²) in [4.78, 5) is 40.0. The monoisotopic (exact) mass is 568 g/mol. The standard InChI is InChI=1S/C28H28F3N7O3/c1-41-14-9-24(39)37-12-4-5-19(17-37)25-22-16-33-11-13-38(22,32)26(36-25)20-8-7-18(15-21(20)28(29,30)31)27(40)35-23-6-2-3-10-34-23/h2-3,6-8,10-11,13,15-16,19H,4-5,9,12,14,17,32H2,1H3/p+1/t19-,38?/m1/s1. The van der Waals surface area contributed by atoms with Gasteiger partial charge in [0.2, 0.25) is 11.6 Å². The number of rotatable bonds is 7. The number of fused-ring (bicyclic) bond motifs is 1. The van der Waals surface area contributed by atoms with Crippen LogP contribution >= 0.6 is 0 Å². The molecule has 0 saturated carbocycles. The minimum atomic E-state index is -4.82. The predicted octanol–water partition coefficient (Wildman–Crippen LogP) is 3.85. The van der Waals surface area contributed by atoms with Crippen molar-refractivity contribution in [2.75, 3.05) is 32.1 Å². The van der Waals surface area contributed by atoms with Crippen LogP contribution in [0.2, 0.25) is 0 Å². The van der Waals surface area contributed by atoms with Crippen molar-refractivity contribution in [2.24, 2.45) is 21.7 Å². The highest BCUT2D eigenvalue weighted by molar-refractivity contribution is 6.06. The molecular formula is C28H29F3N7O3+. The van der Waals surface area contributed by atoms with Gasteiger partial charge in [-0.1, -0.05) is 6.07 Å². The van der Waals surface area contributed by atoms with Gasteiger partial charge in [-0.2, -0.15) is 24.0 Å². The second-order valence-corrected chi connectivity index (χ2v) is 9.91. The Morgan fingerprint density at radius 3 is 2.80 bits per heavy atom. The molecule has 3 N–H and O–H groups in total. The number of aliphatic imine (C=N–C) groups is 2. The molecule has 0 spiro atoms. The van der Waals surface area contributed by atoms with Crippen molar-refractivity contribution >= 4 is 29.7 Å². The Balaban J connectivity index is 1.51. The molecular weight excluding hydrogens is 539 g/mol. The van der Waals surface area contributed by atoms with E-state index in [-0.39, 0.29) is 41.0 Å². The molecule has 1 saturated heterocycles. The number of nitrogens with two attached hydrogens (primary N) is 1. The lowest BCUT2D eigenvalue weighted by Crippen LogP contribution is -2.53. The number of carbonyl (C=O) groups is 2. The van der Waals surface area contributed by atoms with Gasteiger partial charge < -0.3 is 15.0 Å². The first-order chi connectivity index (χ1) is 19.6. The maximum atomic E-state index is 14.5. The molecule has 13 heteroatoms. The summed E-state index contributed by atoms with van der Waals surface area (Å²) in [5.41, 5.74) is -0.584. The van der Waals surface area contributed by atoms with E-state index >= 15 is 0 Å². The summed E-state index contributed by atoms with van der Waals surface area (Å²) in [5, 5.41) is 2.50. The van der Waals surface area contributed by atoms with Crippen LogP contribution in [0, 0.1) is 5.92 Å². The van der Waals surface area contributed by atoms with E-state index in [1.807, 2.05) is 0 Å². The van der Waals surface area contributed by atoms with E-state index in [2.05, 4.69) is 15.3 Å². The summed E-state index contributed by atoms with van der Waals surface area (Å²) in [7, 11) is 1.52. The summed E-state index contributed by atoms with van der Waals surface area (Å²) < 4.78 is 47.8. The van der Waals surface area contributed by atoms with E-state index in [0.717, 1.165) is 6.07 Å². The number of amidine groups is 1. The van der Waals surface area contributed by atoms with Crippen molar-refractivity contribution in [2.45, 2.75) is 25.4 Å². The number of methoxy groups -OCH3 is 1.